The van der Waals surface area contributed by atoms with Gasteiger partial charge in [0.2, 0.25) is 5.95 Å². The van der Waals surface area contributed by atoms with Crippen LogP contribution in [0.4, 0.5) is 47.8 Å². The van der Waals surface area contributed by atoms with Crippen molar-refractivity contribution in [1.29, 1.82) is 0 Å². The molecule has 6 rings (SSSR count). The van der Waals surface area contributed by atoms with Gasteiger partial charge in [0, 0.05) is 54.5 Å². The Bertz CT molecular complexity index is 1570. The molecule has 3 heterocycles. The van der Waals surface area contributed by atoms with Crippen LogP contribution < -0.4 is 20.4 Å². The summed E-state index contributed by atoms with van der Waals surface area (Å²) < 4.78 is 47.4. The van der Waals surface area contributed by atoms with E-state index in [4.69, 9.17) is 4.74 Å². The third-order valence-corrected chi connectivity index (χ3v) is 7.13. The number of carbonyl (C=O) groups excluding carboxylic acids is 1. The number of carbonyl (C=O) groups is 1. The van der Waals surface area contributed by atoms with Crippen molar-refractivity contribution in [2.24, 2.45) is 0 Å². The molecule has 3 N–H and O–H groups in total. The number of nitrogens with one attached hydrogen (secondary N) is 3. The van der Waals surface area contributed by atoms with Crippen molar-refractivity contribution in [1.82, 2.24) is 19.9 Å². The Hall–Kier alpha value is -4.65. The molecule has 4 aromatic rings. The second-order valence-electron chi connectivity index (χ2n) is 10.2. The molecule has 0 atom stereocenters. The summed E-state index contributed by atoms with van der Waals surface area (Å²) in [5.41, 5.74) is 0.996. The molecule has 10 nitrogen and oxygen atoms in total. The van der Waals surface area contributed by atoms with E-state index in [1.807, 2.05) is 19.1 Å². The predicted molar refractivity (Wildman–Crippen MR) is 153 cm³/mol. The van der Waals surface area contributed by atoms with E-state index in [9.17, 15) is 18.0 Å². The molecule has 2 fully saturated rings. The van der Waals surface area contributed by atoms with Gasteiger partial charge in [0.1, 0.15) is 18.0 Å². The Balaban J connectivity index is 1.30. The summed E-state index contributed by atoms with van der Waals surface area (Å²) in [7, 11) is 0. The molecule has 0 unspecified atom stereocenters. The molecule has 42 heavy (non-hydrogen) atoms. The van der Waals surface area contributed by atoms with Crippen molar-refractivity contribution in [3.63, 3.8) is 0 Å². The van der Waals surface area contributed by atoms with Gasteiger partial charge < -0.3 is 25.3 Å². The summed E-state index contributed by atoms with van der Waals surface area (Å²) in [4.78, 5) is 33.0. The lowest BCUT2D eigenvalue weighted by Crippen LogP contribution is -2.37. The van der Waals surface area contributed by atoms with Crippen LogP contribution in [0.3, 0.4) is 0 Å². The number of ether oxygens (including phenoxy) is 1. The minimum absolute atomic E-state index is 0.0365. The average molecular weight is 579 g/mol. The number of amides is 1. The van der Waals surface area contributed by atoms with Crippen LogP contribution in [0.5, 0.6) is 0 Å². The number of aromatic amines is 1. The van der Waals surface area contributed by atoms with E-state index in [1.54, 1.807) is 34.3 Å². The molecule has 1 saturated heterocycles. The minimum atomic E-state index is -4.63. The molecule has 0 radical (unpaired) electrons. The lowest BCUT2D eigenvalue weighted by atomic mass is 10.1. The average Bonchev–Trinajstić information content (AvgIpc) is 3.64. The van der Waals surface area contributed by atoms with Crippen molar-refractivity contribution in [3.8, 4) is 0 Å². The quantitative estimate of drug-likeness (QED) is 0.246. The number of rotatable bonds is 8. The van der Waals surface area contributed by atoms with Crippen molar-refractivity contribution in [3.05, 3.63) is 77.9 Å². The van der Waals surface area contributed by atoms with E-state index in [-0.39, 0.29) is 11.3 Å². The van der Waals surface area contributed by atoms with Crippen LogP contribution in [-0.4, -0.2) is 58.2 Å². The van der Waals surface area contributed by atoms with E-state index in [1.165, 1.54) is 18.5 Å². The van der Waals surface area contributed by atoms with Crippen LogP contribution in [0.15, 0.2) is 61.2 Å². The smallest absolute Gasteiger partial charge is 0.378 e. The maximum absolute atomic E-state index is 14.0. The van der Waals surface area contributed by atoms with E-state index in [0.29, 0.717) is 61.3 Å². The van der Waals surface area contributed by atoms with Gasteiger partial charge in [-0.05, 0) is 55.7 Å². The van der Waals surface area contributed by atoms with Gasteiger partial charge in [-0.3, -0.25) is 9.69 Å². The lowest BCUT2D eigenvalue weighted by Gasteiger charge is -2.31. The van der Waals surface area contributed by atoms with Gasteiger partial charge >= 0.3 is 6.18 Å². The number of aromatic nitrogens is 4. The second-order valence-corrected chi connectivity index (χ2v) is 10.2. The van der Waals surface area contributed by atoms with Crippen molar-refractivity contribution in [2.75, 3.05) is 46.7 Å². The molecule has 13 heteroatoms. The first-order valence-corrected chi connectivity index (χ1v) is 13.6. The Kier molecular flexibility index (Phi) is 7.42. The largest absolute Gasteiger partial charge is 0.418 e. The first kappa shape index (κ1) is 27.5. The standard InChI is InChI=1S/C29H29F3N8O2/c1-18-2-4-21(38-27(41)19-3-7-23(22(14-19)29(30,31)32)39-10-12-42-13-11-39)15-24(18)40(28-33-8-9-34-28)26-16-25(35-17-36-26)37-20-5-6-20/h2-4,7-9,14-17,20H,5-6,10-13H2,1H3,(H,33,34)(H,38,41)(H,35,36,37). The van der Waals surface area contributed by atoms with Gasteiger partial charge in [0.25, 0.3) is 5.91 Å². The molecule has 0 bridgehead atoms. The minimum Gasteiger partial charge on any atom is -0.378 e. The molecule has 1 saturated carbocycles. The van der Waals surface area contributed by atoms with Crippen LogP contribution in [0.25, 0.3) is 0 Å². The zero-order chi connectivity index (χ0) is 29.3. The first-order valence-electron chi connectivity index (χ1n) is 13.6. The number of alkyl halides is 3. The highest BCUT2D eigenvalue weighted by atomic mass is 19.4. The summed E-state index contributed by atoms with van der Waals surface area (Å²) in [5.74, 6) is 1.06. The summed E-state index contributed by atoms with van der Waals surface area (Å²) in [6, 6.07) is 11.1. The summed E-state index contributed by atoms with van der Waals surface area (Å²) in [6.07, 6.45) is 2.31. The molecule has 1 aliphatic heterocycles. The first-order chi connectivity index (χ1) is 20.3. The summed E-state index contributed by atoms with van der Waals surface area (Å²) >= 11 is 0. The van der Waals surface area contributed by atoms with Crippen LogP contribution >= 0.6 is 0 Å². The molecule has 2 aliphatic rings. The van der Waals surface area contributed by atoms with Crippen LogP contribution in [-0.2, 0) is 10.9 Å². The Morgan fingerprint density at radius 3 is 2.60 bits per heavy atom. The SMILES string of the molecule is Cc1ccc(NC(=O)c2ccc(N3CCOCC3)c(C(F)(F)F)c2)cc1N(c1cc(NC2CC2)ncn1)c1ncc[nH]1. The Morgan fingerprint density at radius 1 is 1.07 bits per heavy atom. The number of morpholine rings is 1. The third-order valence-electron chi connectivity index (χ3n) is 7.13. The second kappa shape index (κ2) is 11.3. The Morgan fingerprint density at radius 2 is 1.88 bits per heavy atom. The number of hydrogen-bond acceptors (Lipinski definition) is 8. The molecular formula is C29H29F3N8O2. The molecule has 1 aliphatic carbocycles. The number of halogens is 3. The highest BCUT2D eigenvalue weighted by molar-refractivity contribution is 6.05. The number of nitrogens with zero attached hydrogens (tertiary/aromatic N) is 5. The monoisotopic (exact) mass is 578 g/mol. The summed E-state index contributed by atoms with van der Waals surface area (Å²) in [5, 5.41) is 6.12. The van der Waals surface area contributed by atoms with E-state index < -0.39 is 17.6 Å². The maximum atomic E-state index is 14.0. The molecule has 218 valence electrons. The van der Waals surface area contributed by atoms with Gasteiger partial charge in [-0.15, -0.1) is 0 Å². The van der Waals surface area contributed by atoms with Crippen molar-refractivity contribution < 1.29 is 22.7 Å². The number of anilines is 6. The zero-order valence-corrected chi connectivity index (χ0v) is 22.8. The molecule has 0 spiro atoms. The maximum Gasteiger partial charge on any atom is 0.418 e. The molecular weight excluding hydrogens is 549 g/mol. The van der Waals surface area contributed by atoms with Crippen LogP contribution in [0.2, 0.25) is 0 Å². The van der Waals surface area contributed by atoms with Crippen molar-refractivity contribution in [2.45, 2.75) is 32.0 Å². The van der Waals surface area contributed by atoms with E-state index in [0.717, 1.165) is 24.5 Å². The fraction of sp³-hybridized carbons (Fsp3) is 0.310. The van der Waals surface area contributed by atoms with E-state index >= 15 is 0 Å². The Labute approximate surface area is 239 Å². The highest BCUT2D eigenvalue weighted by Crippen LogP contribution is 2.39. The van der Waals surface area contributed by atoms with Crippen LogP contribution in [0, 0.1) is 6.92 Å². The van der Waals surface area contributed by atoms with Gasteiger partial charge in [0.05, 0.1) is 24.5 Å². The topological polar surface area (TPSA) is 111 Å². The predicted octanol–water partition coefficient (Wildman–Crippen LogP) is 5.66. The number of imidazole rings is 1. The number of aryl methyl sites for hydroxylation is 1. The fourth-order valence-corrected chi connectivity index (χ4v) is 4.83. The number of hydrogen-bond donors (Lipinski definition) is 3. The zero-order valence-electron chi connectivity index (χ0n) is 22.8. The van der Waals surface area contributed by atoms with Crippen LogP contribution in [0.1, 0.15) is 34.3 Å². The van der Waals surface area contributed by atoms with Gasteiger partial charge in [-0.1, -0.05) is 6.07 Å². The van der Waals surface area contributed by atoms with E-state index in [2.05, 4.69) is 30.6 Å². The molecule has 1 amide bonds. The number of benzene rings is 2. The van der Waals surface area contributed by atoms with Gasteiger partial charge in [-0.2, -0.15) is 13.2 Å². The number of H-pyrrole nitrogens is 1. The lowest BCUT2D eigenvalue weighted by molar-refractivity contribution is -0.137. The normalized spacial score (nSPS) is 15.4. The van der Waals surface area contributed by atoms with Gasteiger partial charge in [-0.25, -0.2) is 15.0 Å². The summed E-state index contributed by atoms with van der Waals surface area (Å²) in [6.45, 7) is 3.28. The molecule has 2 aromatic heterocycles. The fourth-order valence-electron chi connectivity index (χ4n) is 4.83. The highest BCUT2D eigenvalue weighted by Gasteiger charge is 2.36. The molecule has 2 aromatic carbocycles. The van der Waals surface area contributed by atoms with Crippen molar-refractivity contribution >= 4 is 40.6 Å². The third kappa shape index (κ3) is 6.00. The van der Waals surface area contributed by atoms with Gasteiger partial charge in [0.15, 0.2) is 0 Å².